The lowest BCUT2D eigenvalue weighted by Crippen LogP contribution is -2.25. The summed E-state index contributed by atoms with van der Waals surface area (Å²) in [5.41, 5.74) is 4.54. The summed E-state index contributed by atoms with van der Waals surface area (Å²) in [4.78, 5) is 24.3. The molecule has 2 N–H and O–H groups in total. The number of carbonyl (C=O) groups is 2. The topological polar surface area (TPSA) is 79.8 Å². The molecule has 0 spiro atoms. The van der Waals surface area contributed by atoms with E-state index in [1.54, 1.807) is 48.5 Å². The molecule has 0 fully saturated rings. The summed E-state index contributed by atoms with van der Waals surface area (Å²) in [6.45, 7) is 0.0834. The molecule has 0 saturated heterocycles. The predicted molar refractivity (Wildman–Crippen MR) is 126 cm³/mol. The summed E-state index contributed by atoms with van der Waals surface area (Å²) in [6, 6.07) is 29.5. The van der Waals surface area contributed by atoms with Gasteiger partial charge in [0.1, 0.15) is 5.75 Å². The van der Waals surface area contributed by atoms with Crippen molar-refractivity contribution >= 4 is 34.6 Å². The Morgan fingerprint density at radius 2 is 1.59 bits per heavy atom. The van der Waals surface area contributed by atoms with Gasteiger partial charge in [0, 0.05) is 11.1 Å². The van der Waals surface area contributed by atoms with Crippen molar-refractivity contribution < 1.29 is 14.3 Å². The zero-order valence-electron chi connectivity index (χ0n) is 17.2. The smallest absolute Gasteiger partial charge is 0.343 e. The Kier molecular flexibility index (Phi) is 6.53. The summed E-state index contributed by atoms with van der Waals surface area (Å²) >= 11 is 0. The number of hydrazone groups is 1. The highest BCUT2D eigenvalue weighted by Gasteiger charge is 2.08. The molecular formula is C26H21N3O3. The van der Waals surface area contributed by atoms with Crippen LogP contribution < -0.4 is 15.5 Å². The first-order valence-corrected chi connectivity index (χ1v) is 10.1. The highest BCUT2D eigenvalue weighted by Crippen LogP contribution is 2.22. The number of anilines is 1. The largest absolute Gasteiger partial charge is 0.423 e. The Hall–Kier alpha value is -4.45. The molecule has 4 rings (SSSR count). The van der Waals surface area contributed by atoms with E-state index in [-0.39, 0.29) is 12.5 Å². The summed E-state index contributed by atoms with van der Waals surface area (Å²) in [5, 5.41) is 9.28. The number of benzene rings is 4. The number of hydrogen-bond acceptors (Lipinski definition) is 5. The summed E-state index contributed by atoms with van der Waals surface area (Å²) < 4.78 is 5.39. The molecular weight excluding hydrogens is 402 g/mol. The molecule has 6 heteroatoms. The van der Waals surface area contributed by atoms with Crippen molar-refractivity contribution in [3.8, 4) is 5.75 Å². The second-order valence-electron chi connectivity index (χ2n) is 7.00. The fraction of sp³-hybridized carbons (Fsp3) is 0.0385. The first-order valence-electron chi connectivity index (χ1n) is 10.1. The summed E-state index contributed by atoms with van der Waals surface area (Å²) in [7, 11) is 0. The van der Waals surface area contributed by atoms with Gasteiger partial charge >= 0.3 is 5.97 Å². The van der Waals surface area contributed by atoms with Gasteiger partial charge in [-0.1, -0.05) is 66.7 Å². The normalized spacial score (nSPS) is 10.8. The van der Waals surface area contributed by atoms with Gasteiger partial charge in [-0.15, -0.1) is 0 Å². The molecule has 0 atom stereocenters. The highest BCUT2D eigenvalue weighted by molar-refractivity contribution is 5.95. The maximum atomic E-state index is 12.2. The van der Waals surface area contributed by atoms with Crippen LogP contribution in [0.2, 0.25) is 0 Å². The lowest BCUT2D eigenvalue weighted by molar-refractivity contribution is -0.119. The molecule has 0 aliphatic heterocycles. The lowest BCUT2D eigenvalue weighted by Gasteiger charge is -2.08. The minimum Gasteiger partial charge on any atom is -0.423 e. The third-order valence-corrected chi connectivity index (χ3v) is 4.71. The van der Waals surface area contributed by atoms with Crippen LogP contribution in [0.5, 0.6) is 5.75 Å². The van der Waals surface area contributed by atoms with E-state index in [9.17, 15) is 9.59 Å². The second kappa shape index (κ2) is 10.0. The van der Waals surface area contributed by atoms with E-state index in [2.05, 4.69) is 15.8 Å². The number of fused-ring (bicyclic) bond motifs is 1. The molecule has 4 aromatic carbocycles. The Balaban J connectivity index is 1.31. The molecule has 0 aliphatic carbocycles. The van der Waals surface area contributed by atoms with E-state index in [0.29, 0.717) is 16.9 Å². The van der Waals surface area contributed by atoms with Gasteiger partial charge in [-0.05, 0) is 41.3 Å². The Labute approximate surface area is 185 Å². The summed E-state index contributed by atoms with van der Waals surface area (Å²) in [6.07, 6.45) is 1.50. The van der Waals surface area contributed by atoms with Crippen molar-refractivity contribution in [3.05, 3.63) is 108 Å². The van der Waals surface area contributed by atoms with Crippen molar-refractivity contribution in [1.29, 1.82) is 0 Å². The third kappa shape index (κ3) is 5.37. The Bertz CT molecular complexity index is 1260. The minimum atomic E-state index is -0.437. The summed E-state index contributed by atoms with van der Waals surface area (Å²) in [5.74, 6) is -0.319. The van der Waals surface area contributed by atoms with Crippen molar-refractivity contribution in [1.82, 2.24) is 5.43 Å². The molecule has 0 aliphatic rings. The predicted octanol–water partition coefficient (Wildman–Crippen LogP) is 4.62. The second-order valence-corrected chi connectivity index (χ2v) is 7.00. The van der Waals surface area contributed by atoms with E-state index < -0.39 is 5.97 Å². The number of rotatable bonds is 7. The number of hydrogen-bond donors (Lipinski definition) is 2. The Morgan fingerprint density at radius 1 is 0.844 bits per heavy atom. The van der Waals surface area contributed by atoms with Crippen LogP contribution in [0.1, 0.15) is 15.9 Å². The molecule has 0 saturated carbocycles. The average molecular weight is 423 g/mol. The van der Waals surface area contributed by atoms with Crippen LogP contribution in [-0.2, 0) is 4.79 Å². The van der Waals surface area contributed by atoms with Crippen LogP contribution in [0.3, 0.4) is 0 Å². The van der Waals surface area contributed by atoms with Gasteiger partial charge in [0.2, 0.25) is 0 Å². The standard InChI is InChI=1S/C26H21N3O3/c30-25(18-27-24-15-7-12-20-9-4-5-14-23(20)24)29-28-17-19-8-6-13-22(16-19)32-26(31)21-10-2-1-3-11-21/h1-17,27H,18H2,(H,29,30). The van der Waals surface area contributed by atoms with Crippen LogP contribution in [0.4, 0.5) is 5.69 Å². The third-order valence-electron chi connectivity index (χ3n) is 4.71. The van der Waals surface area contributed by atoms with Crippen molar-refractivity contribution in [2.75, 3.05) is 11.9 Å². The number of nitrogens with zero attached hydrogens (tertiary/aromatic N) is 1. The monoisotopic (exact) mass is 423 g/mol. The van der Waals surface area contributed by atoms with E-state index >= 15 is 0 Å². The van der Waals surface area contributed by atoms with Gasteiger partial charge in [0.15, 0.2) is 0 Å². The van der Waals surface area contributed by atoms with Gasteiger partial charge in [-0.25, -0.2) is 10.2 Å². The van der Waals surface area contributed by atoms with Crippen LogP contribution >= 0.6 is 0 Å². The van der Waals surface area contributed by atoms with E-state index in [1.165, 1.54) is 6.21 Å². The molecule has 0 unspecified atom stereocenters. The molecule has 0 aromatic heterocycles. The number of amides is 1. The fourth-order valence-electron chi connectivity index (χ4n) is 3.17. The molecule has 158 valence electrons. The number of nitrogens with one attached hydrogen (secondary N) is 2. The van der Waals surface area contributed by atoms with Crippen LogP contribution in [0.15, 0.2) is 102 Å². The minimum absolute atomic E-state index is 0.0834. The van der Waals surface area contributed by atoms with Gasteiger partial charge in [-0.2, -0.15) is 5.10 Å². The van der Waals surface area contributed by atoms with Gasteiger partial charge in [0.25, 0.3) is 5.91 Å². The van der Waals surface area contributed by atoms with E-state index in [0.717, 1.165) is 16.5 Å². The molecule has 32 heavy (non-hydrogen) atoms. The van der Waals surface area contributed by atoms with Crippen molar-refractivity contribution in [3.63, 3.8) is 0 Å². The highest BCUT2D eigenvalue weighted by atomic mass is 16.5. The van der Waals surface area contributed by atoms with E-state index in [4.69, 9.17) is 4.74 Å². The number of esters is 1. The van der Waals surface area contributed by atoms with Crippen LogP contribution in [0, 0.1) is 0 Å². The first kappa shape index (κ1) is 20.8. The first-order chi connectivity index (χ1) is 15.7. The zero-order valence-corrected chi connectivity index (χ0v) is 17.2. The fourth-order valence-corrected chi connectivity index (χ4v) is 3.17. The number of carbonyl (C=O) groups excluding carboxylic acids is 2. The van der Waals surface area contributed by atoms with E-state index in [1.807, 2.05) is 48.5 Å². The number of ether oxygens (including phenoxy) is 1. The molecule has 6 nitrogen and oxygen atoms in total. The van der Waals surface area contributed by atoms with Crippen LogP contribution in [-0.4, -0.2) is 24.6 Å². The van der Waals surface area contributed by atoms with Crippen LogP contribution in [0.25, 0.3) is 10.8 Å². The molecule has 4 aromatic rings. The maximum Gasteiger partial charge on any atom is 0.343 e. The van der Waals surface area contributed by atoms with Gasteiger partial charge < -0.3 is 10.1 Å². The quantitative estimate of drug-likeness (QED) is 0.197. The lowest BCUT2D eigenvalue weighted by atomic mass is 10.1. The van der Waals surface area contributed by atoms with Crippen molar-refractivity contribution in [2.24, 2.45) is 5.10 Å². The SMILES string of the molecule is O=C(CNc1cccc2ccccc12)NN=Cc1cccc(OC(=O)c2ccccc2)c1. The maximum absolute atomic E-state index is 12.2. The van der Waals surface area contributed by atoms with Crippen molar-refractivity contribution in [2.45, 2.75) is 0 Å². The average Bonchev–Trinajstić information content (AvgIpc) is 2.83. The molecule has 0 heterocycles. The molecule has 0 bridgehead atoms. The molecule has 0 radical (unpaired) electrons. The molecule has 1 amide bonds. The Morgan fingerprint density at radius 3 is 2.47 bits per heavy atom. The zero-order chi connectivity index (χ0) is 22.2. The van der Waals surface area contributed by atoms with Gasteiger partial charge in [0.05, 0.1) is 18.3 Å². The van der Waals surface area contributed by atoms with Gasteiger partial charge in [-0.3, -0.25) is 4.79 Å².